The van der Waals surface area contributed by atoms with E-state index >= 15 is 0 Å². The molecule has 1 N–H and O–H groups in total. The lowest BCUT2D eigenvalue weighted by Gasteiger charge is -2.31. The topological polar surface area (TPSA) is 111 Å². The van der Waals surface area contributed by atoms with Crippen molar-refractivity contribution in [3.8, 4) is 28.4 Å². The summed E-state index contributed by atoms with van der Waals surface area (Å²) in [5, 5.41) is 14.0. The summed E-state index contributed by atoms with van der Waals surface area (Å²) in [6, 6.07) is 14.0. The number of benzene rings is 2. The van der Waals surface area contributed by atoms with E-state index in [-0.39, 0.29) is 44.0 Å². The van der Waals surface area contributed by atoms with Gasteiger partial charge in [-0.3, -0.25) is 5.43 Å². The van der Waals surface area contributed by atoms with Crippen molar-refractivity contribution in [2.75, 3.05) is 13.1 Å². The summed E-state index contributed by atoms with van der Waals surface area (Å²) < 4.78 is 32.6. The zero-order valence-electron chi connectivity index (χ0n) is 19.7. The van der Waals surface area contributed by atoms with Crippen LogP contribution in [0.25, 0.3) is 22.5 Å². The molecular weight excluding hydrogens is 541 g/mol. The van der Waals surface area contributed by atoms with Gasteiger partial charge in [-0.1, -0.05) is 47.5 Å². The van der Waals surface area contributed by atoms with Gasteiger partial charge in [0.05, 0.1) is 5.69 Å². The van der Waals surface area contributed by atoms with Crippen molar-refractivity contribution in [2.24, 2.45) is 0 Å². The fraction of sp³-hybridized carbons (Fsp3) is 0.250. The number of alkyl halides is 2. The Hall–Kier alpha value is -3.74. The maximum Gasteiger partial charge on any atom is 0.428 e. The molecule has 1 saturated heterocycles. The molecule has 4 aromatic rings. The van der Waals surface area contributed by atoms with Crippen LogP contribution in [0.4, 0.5) is 13.6 Å². The Kier molecular flexibility index (Phi) is 7.45. The zero-order valence-corrected chi connectivity index (χ0v) is 21.2. The highest BCUT2D eigenvalue weighted by atomic mass is 35.5. The quantitative estimate of drug-likeness (QED) is 0.355. The second-order valence-electron chi connectivity index (χ2n) is 8.50. The van der Waals surface area contributed by atoms with E-state index in [9.17, 15) is 13.6 Å². The molecule has 10 nitrogen and oxygen atoms in total. The molecule has 38 heavy (non-hydrogen) atoms. The van der Waals surface area contributed by atoms with Crippen molar-refractivity contribution in [3.05, 3.63) is 70.6 Å². The molecule has 0 aliphatic carbocycles. The summed E-state index contributed by atoms with van der Waals surface area (Å²) in [4.78, 5) is 23.5. The number of hydrogen-bond donors (Lipinski definition) is 1. The third-order valence-electron chi connectivity index (χ3n) is 5.78. The minimum absolute atomic E-state index is 0.00691. The smallest absolute Gasteiger partial charge is 0.388 e. The predicted molar refractivity (Wildman–Crippen MR) is 135 cm³/mol. The summed E-state index contributed by atoms with van der Waals surface area (Å²) >= 11 is 12.2. The number of carbonyl (C=O) groups is 1. The number of hydrazine groups is 1. The van der Waals surface area contributed by atoms with Gasteiger partial charge in [-0.05, 0) is 29.5 Å². The van der Waals surface area contributed by atoms with E-state index in [1.807, 2.05) is 0 Å². The Labute approximate surface area is 225 Å². The minimum Gasteiger partial charge on any atom is -0.388 e. The van der Waals surface area contributed by atoms with Crippen molar-refractivity contribution in [1.82, 2.24) is 40.6 Å². The van der Waals surface area contributed by atoms with Gasteiger partial charge < -0.3 is 4.74 Å². The fourth-order valence-electron chi connectivity index (χ4n) is 3.84. The third-order valence-corrected chi connectivity index (χ3v) is 6.29. The molecule has 0 unspecified atom stereocenters. The lowest BCUT2D eigenvalue weighted by Crippen LogP contribution is -2.50. The number of tetrazole rings is 1. The number of halogens is 4. The van der Waals surface area contributed by atoms with Gasteiger partial charge in [0.25, 0.3) is 5.92 Å². The largest absolute Gasteiger partial charge is 0.428 e. The highest BCUT2D eigenvalue weighted by Crippen LogP contribution is 2.34. The van der Waals surface area contributed by atoms with Gasteiger partial charge >= 0.3 is 6.09 Å². The molecule has 1 aliphatic heterocycles. The molecule has 1 fully saturated rings. The fourth-order valence-corrected chi connectivity index (χ4v) is 4.09. The van der Waals surface area contributed by atoms with Gasteiger partial charge in [0.15, 0.2) is 6.33 Å². The molecule has 196 valence electrons. The zero-order chi connectivity index (χ0) is 26.7. The van der Waals surface area contributed by atoms with E-state index in [1.54, 1.807) is 48.5 Å². The van der Waals surface area contributed by atoms with Crippen LogP contribution < -0.4 is 10.2 Å². The first-order valence-corrected chi connectivity index (χ1v) is 12.3. The van der Waals surface area contributed by atoms with Crippen LogP contribution in [0.2, 0.25) is 10.0 Å². The van der Waals surface area contributed by atoms with Crippen LogP contribution in [0.5, 0.6) is 5.88 Å². The van der Waals surface area contributed by atoms with Crippen molar-refractivity contribution < 1.29 is 18.3 Å². The van der Waals surface area contributed by atoms with Crippen LogP contribution in [0.15, 0.2) is 54.9 Å². The van der Waals surface area contributed by atoms with Crippen molar-refractivity contribution >= 4 is 29.3 Å². The Morgan fingerprint density at radius 2 is 1.53 bits per heavy atom. The molecule has 0 saturated carbocycles. The summed E-state index contributed by atoms with van der Waals surface area (Å²) in [7, 11) is 0. The number of aromatic nitrogens is 6. The number of rotatable bonds is 6. The first kappa shape index (κ1) is 25.9. The monoisotopic (exact) mass is 560 g/mol. The number of amides is 1. The molecule has 2 aromatic heterocycles. The van der Waals surface area contributed by atoms with Gasteiger partial charge in [0.2, 0.25) is 5.88 Å². The average molecular weight is 561 g/mol. The van der Waals surface area contributed by atoms with Gasteiger partial charge in [0, 0.05) is 47.1 Å². The van der Waals surface area contributed by atoms with E-state index < -0.39 is 12.0 Å². The first-order chi connectivity index (χ1) is 18.3. The van der Waals surface area contributed by atoms with E-state index in [1.165, 1.54) is 16.1 Å². The lowest BCUT2D eigenvalue weighted by molar-refractivity contribution is -0.0633. The minimum atomic E-state index is -2.75. The molecule has 1 aliphatic rings. The molecule has 0 bridgehead atoms. The molecule has 5 rings (SSSR count). The Bertz CT molecular complexity index is 1410. The number of ether oxygens (including phenoxy) is 1. The number of nitrogens with one attached hydrogen (secondary N) is 1. The van der Waals surface area contributed by atoms with Crippen LogP contribution in [0.3, 0.4) is 0 Å². The molecule has 0 atom stereocenters. The van der Waals surface area contributed by atoms with E-state index in [2.05, 4.69) is 25.8 Å². The molecule has 3 heterocycles. The second kappa shape index (κ2) is 10.9. The average Bonchev–Trinajstić information content (AvgIpc) is 3.40. The van der Waals surface area contributed by atoms with E-state index in [4.69, 9.17) is 32.9 Å². The number of nitrogens with zero attached hydrogens (tertiary/aromatic N) is 7. The predicted octanol–water partition coefficient (Wildman–Crippen LogP) is 4.89. The summed E-state index contributed by atoms with van der Waals surface area (Å²) in [5.74, 6) is -2.86. The molecular formula is C24H20Cl2F2N8O2. The SMILES string of the molecule is O=C(NN1CCC(F)(F)CC1)Oc1nc(-c2ccc(Cl)cc2)c(-c2ccc(Cl)cc2)nc1Cn1ncnn1. The first-order valence-electron chi connectivity index (χ1n) is 11.5. The highest BCUT2D eigenvalue weighted by Gasteiger charge is 2.34. The summed E-state index contributed by atoms with van der Waals surface area (Å²) in [5.41, 5.74) is 5.03. The number of carbonyl (C=O) groups excluding carboxylic acids is 1. The Morgan fingerprint density at radius 3 is 2.08 bits per heavy atom. The molecule has 0 radical (unpaired) electrons. The van der Waals surface area contributed by atoms with Crippen molar-refractivity contribution in [2.45, 2.75) is 25.3 Å². The third kappa shape index (κ3) is 6.21. The lowest BCUT2D eigenvalue weighted by atomic mass is 10.0. The highest BCUT2D eigenvalue weighted by molar-refractivity contribution is 6.31. The van der Waals surface area contributed by atoms with E-state index in [0.29, 0.717) is 32.6 Å². The van der Waals surface area contributed by atoms with Crippen LogP contribution in [-0.4, -0.2) is 60.3 Å². The normalized spacial score (nSPS) is 15.3. The Morgan fingerprint density at radius 1 is 0.947 bits per heavy atom. The molecule has 0 spiro atoms. The second-order valence-corrected chi connectivity index (χ2v) is 9.37. The van der Waals surface area contributed by atoms with Crippen LogP contribution in [0.1, 0.15) is 18.5 Å². The number of hydrogen-bond acceptors (Lipinski definition) is 8. The molecule has 14 heteroatoms. The Balaban J connectivity index is 1.53. The van der Waals surface area contributed by atoms with Gasteiger partial charge in [-0.2, -0.15) is 4.80 Å². The van der Waals surface area contributed by atoms with Gasteiger partial charge in [-0.25, -0.2) is 28.6 Å². The van der Waals surface area contributed by atoms with Crippen molar-refractivity contribution in [1.29, 1.82) is 0 Å². The summed E-state index contributed by atoms with van der Waals surface area (Å²) in [6.45, 7) is -0.0445. The van der Waals surface area contributed by atoms with Crippen LogP contribution in [0, 0.1) is 0 Å². The molecule has 1 amide bonds. The van der Waals surface area contributed by atoms with Gasteiger partial charge in [0.1, 0.15) is 17.9 Å². The van der Waals surface area contributed by atoms with Crippen molar-refractivity contribution in [3.63, 3.8) is 0 Å². The maximum atomic E-state index is 13.5. The van der Waals surface area contributed by atoms with E-state index in [0.717, 1.165) is 0 Å². The van der Waals surface area contributed by atoms with Crippen LogP contribution in [-0.2, 0) is 6.54 Å². The number of piperidine rings is 1. The summed E-state index contributed by atoms with van der Waals surface area (Å²) in [6.07, 6.45) is -0.368. The standard InChI is InChI=1S/C24H20Cl2F2N8O2/c25-17-5-1-15(2-6-17)20-21(16-3-7-18(26)8-4-16)32-22(19(31-20)13-36-30-14-29-34-36)38-23(37)33-35-11-9-24(27,28)10-12-35/h1-8,14H,9-13H2,(H,33,37). The molecule has 2 aromatic carbocycles. The maximum absolute atomic E-state index is 13.5. The van der Waals surface area contributed by atoms with Gasteiger partial charge in [-0.15, -0.1) is 10.2 Å². The van der Waals surface area contributed by atoms with Crippen LogP contribution >= 0.6 is 23.2 Å².